The zero-order valence-electron chi connectivity index (χ0n) is 15.1. The number of hydrogen-bond acceptors (Lipinski definition) is 3. The molecule has 0 bridgehead atoms. The minimum Gasteiger partial charge on any atom is -0.352 e. The summed E-state index contributed by atoms with van der Waals surface area (Å²) in [5, 5.41) is 3.38. The largest absolute Gasteiger partial charge is 0.352 e. The van der Waals surface area contributed by atoms with Crippen LogP contribution in [0.15, 0.2) is 42.5 Å². The molecular weight excluding hydrogens is 372 g/mol. The van der Waals surface area contributed by atoms with Crippen molar-refractivity contribution >= 4 is 33.2 Å². The number of sulfonamides is 1. The van der Waals surface area contributed by atoms with Crippen LogP contribution in [0.25, 0.3) is 0 Å². The van der Waals surface area contributed by atoms with E-state index in [2.05, 4.69) is 5.32 Å². The van der Waals surface area contributed by atoms with E-state index in [9.17, 15) is 13.2 Å². The molecule has 0 spiro atoms. The number of anilines is 1. The number of benzene rings is 2. The van der Waals surface area contributed by atoms with Crippen LogP contribution in [-0.4, -0.2) is 27.1 Å². The molecule has 0 heterocycles. The van der Waals surface area contributed by atoms with Crippen LogP contribution in [0, 0.1) is 13.8 Å². The number of carbonyl (C=O) groups excluding carboxylic acids is 1. The van der Waals surface area contributed by atoms with Gasteiger partial charge in [0.05, 0.1) is 11.9 Å². The minimum atomic E-state index is -3.51. The van der Waals surface area contributed by atoms with Gasteiger partial charge in [-0.15, -0.1) is 0 Å². The average Bonchev–Trinajstić information content (AvgIpc) is 2.55. The average molecular weight is 395 g/mol. The van der Waals surface area contributed by atoms with E-state index in [0.717, 1.165) is 22.9 Å². The minimum absolute atomic E-state index is 0.0703. The van der Waals surface area contributed by atoms with E-state index >= 15 is 0 Å². The lowest BCUT2D eigenvalue weighted by molar-refractivity contribution is -0.121. The van der Waals surface area contributed by atoms with Crippen molar-refractivity contribution in [2.45, 2.75) is 26.8 Å². The first-order valence-electron chi connectivity index (χ1n) is 8.23. The Morgan fingerprint density at radius 1 is 1.12 bits per heavy atom. The molecule has 0 aliphatic rings. The van der Waals surface area contributed by atoms with E-state index < -0.39 is 10.0 Å². The van der Waals surface area contributed by atoms with Gasteiger partial charge in [0, 0.05) is 24.5 Å². The molecule has 26 heavy (non-hydrogen) atoms. The third-order valence-electron chi connectivity index (χ3n) is 4.11. The van der Waals surface area contributed by atoms with E-state index in [1.807, 2.05) is 31.2 Å². The fraction of sp³-hybridized carbons (Fsp3) is 0.316. The Balaban J connectivity index is 2.03. The number of rotatable bonds is 7. The van der Waals surface area contributed by atoms with Crippen LogP contribution in [0.1, 0.15) is 23.1 Å². The molecule has 140 valence electrons. The second-order valence-corrected chi connectivity index (χ2v) is 8.56. The van der Waals surface area contributed by atoms with Crippen molar-refractivity contribution < 1.29 is 13.2 Å². The maximum atomic E-state index is 12.2. The van der Waals surface area contributed by atoms with Crippen LogP contribution in [-0.2, 0) is 21.4 Å². The molecule has 0 aliphatic carbocycles. The number of hydrogen-bond donors (Lipinski definition) is 1. The van der Waals surface area contributed by atoms with Crippen LogP contribution < -0.4 is 9.62 Å². The van der Waals surface area contributed by atoms with Crippen molar-refractivity contribution in [1.82, 2.24) is 5.32 Å². The number of carbonyl (C=O) groups is 1. The highest BCUT2D eigenvalue weighted by Gasteiger charge is 2.20. The number of nitrogens with zero attached hydrogens (tertiary/aromatic N) is 1. The summed E-state index contributed by atoms with van der Waals surface area (Å²) in [7, 11) is -3.51. The summed E-state index contributed by atoms with van der Waals surface area (Å²) in [6, 6.07) is 12.8. The predicted octanol–water partition coefficient (Wildman–Crippen LogP) is 3.43. The van der Waals surface area contributed by atoms with Gasteiger partial charge < -0.3 is 5.32 Å². The van der Waals surface area contributed by atoms with Crippen molar-refractivity contribution in [3.8, 4) is 0 Å². The molecule has 1 amide bonds. The van der Waals surface area contributed by atoms with Crippen molar-refractivity contribution in [1.29, 1.82) is 0 Å². The fourth-order valence-electron chi connectivity index (χ4n) is 2.66. The van der Waals surface area contributed by atoms with E-state index in [0.29, 0.717) is 17.3 Å². The number of halogens is 1. The zero-order valence-corrected chi connectivity index (χ0v) is 16.7. The van der Waals surface area contributed by atoms with Gasteiger partial charge in [-0.3, -0.25) is 9.10 Å². The summed E-state index contributed by atoms with van der Waals surface area (Å²) in [6.45, 7) is 4.26. The van der Waals surface area contributed by atoms with Crippen LogP contribution in [0.4, 0.5) is 5.69 Å². The van der Waals surface area contributed by atoms with Crippen LogP contribution in [0.3, 0.4) is 0 Å². The quantitative estimate of drug-likeness (QED) is 0.782. The summed E-state index contributed by atoms with van der Waals surface area (Å²) < 4.78 is 25.6. The second-order valence-electron chi connectivity index (χ2n) is 6.22. The summed E-state index contributed by atoms with van der Waals surface area (Å²) in [5.41, 5.74) is 3.41. The summed E-state index contributed by atoms with van der Waals surface area (Å²) in [5.74, 6) is -0.200. The molecule has 0 unspecified atom stereocenters. The summed E-state index contributed by atoms with van der Waals surface area (Å²) in [4.78, 5) is 12.2. The smallest absolute Gasteiger partial charge is 0.232 e. The second kappa shape index (κ2) is 8.56. The molecule has 0 aliphatic heterocycles. The van der Waals surface area contributed by atoms with E-state index in [-0.39, 0.29) is 18.9 Å². The highest BCUT2D eigenvalue weighted by Crippen LogP contribution is 2.25. The first-order valence-corrected chi connectivity index (χ1v) is 10.5. The molecule has 7 heteroatoms. The Hall–Kier alpha value is -2.05. The lowest BCUT2D eigenvalue weighted by Crippen LogP contribution is -2.35. The molecule has 0 saturated carbocycles. The van der Waals surface area contributed by atoms with Gasteiger partial charge in [-0.25, -0.2) is 8.42 Å². The van der Waals surface area contributed by atoms with E-state index in [1.54, 1.807) is 25.1 Å². The number of aryl methyl sites for hydroxylation is 2. The molecule has 2 aromatic rings. The number of amides is 1. The molecular formula is C19H23ClN2O3S. The van der Waals surface area contributed by atoms with Gasteiger partial charge in [-0.1, -0.05) is 35.9 Å². The maximum absolute atomic E-state index is 12.2. The molecule has 0 saturated heterocycles. The first-order chi connectivity index (χ1) is 12.2. The highest BCUT2D eigenvalue weighted by molar-refractivity contribution is 7.92. The van der Waals surface area contributed by atoms with Gasteiger partial charge in [0.25, 0.3) is 0 Å². The normalized spacial score (nSPS) is 11.2. The Morgan fingerprint density at radius 2 is 1.81 bits per heavy atom. The summed E-state index contributed by atoms with van der Waals surface area (Å²) in [6.07, 6.45) is 1.20. The molecule has 0 aromatic heterocycles. The molecule has 0 fully saturated rings. The monoisotopic (exact) mass is 394 g/mol. The van der Waals surface area contributed by atoms with Crippen molar-refractivity contribution in [2.75, 3.05) is 17.1 Å². The Labute approximate surface area is 160 Å². The van der Waals surface area contributed by atoms with Crippen LogP contribution >= 0.6 is 11.6 Å². The van der Waals surface area contributed by atoms with E-state index in [4.69, 9.17) is 11.6 Å². The first kappa shape index (κ1) is 20.3. The highest BCUT2D eigenvalue weighted by atomic mass is 35.5. The maximum Gasteiger partial charge on any atom is 0.232 e. The van der Waals surface area contributed by atoms with Gasteiger partial charge in [-0.05, 0) is 48.7 Å². The molecule has 0 radical (unpaired) electrons. The van der Waals surface area contributed by atoms with Crippen molar-refractivity contribution in [3.63, 3.8) is 0 Å². The molecule has 5 nitrogen and oxygen atoms in total. The lowest BCUT2D eigenvalue weighted by atomic mass is 10.1. The topological polar surface area (TPSA) is 66.5 Å². The molecule has 2 aromatic carbocycles. The van der Waals surface area contributed by atoms with Gasteiger partial charge in [0.15, 0.2) is 0 Å². The lowest BCUT2D eigenvalue weighted by Gasteiger charge is -2.24. The van der Waals surface area contributed by atoms with Gasteiger partial charge in [0.2, 0.25) is 15.9 Å². The van der Waals surface area contributed by atoms with Gasteiger partial charge in [-0.2, -0.15) is 0 Å². The van der Waals surface area contributed by atoms with Gasteiger partial charge >= 0.3 is 0 Å². The van der Waals surface area contributed by atoms with Gasteiger partial charge in [0.1, 0.15) is 0 Å². The van der Waals surface area contributed by atoms with E-state index in [1.165, 1.54) is 4.31 Å². The molecule has 2 rings (SSSR count). The predicted molar refractivity (Wildman–Crippen MR) is 106 cm³/mol. The van der Waals surface area contributed by atoms with Crippen LogP contribution in [0.2, 0.25) is 5.02 Å². The van der Waals surface area contributed by atoms with Crippen LogP contribution in [0.5, 0.6) is 0 Å². The molecule has 0 atom stereocenters. The summed E-state index contributed by atoms with van der Waals surface area (Å²) >= 11 is 5.94. The Morgan fingerprint density at radius 3 is 2.42 bits per heavy atom. The zero-order chi connectivity index (χ0) is 19.3. The number of nitrogens with one attached hydrogen (secondary N) is 1. The van der Waals surface area contributed by atoms with Crippen molar-refractivity contribution in [3.05, 3.63) is 64.2 Å². The Kier molecular flexibility index (Phi) is 6.67. The standard InChI is InChI=1S/C19H23ClN2O3S/c1-14-6-4-5-7-16(14)13-21-19(23)10-11-22(26(3,24)25)18-9-8-17(20)12-15(18)2/h4-9,12H,10-11,13H2,1-3H3,(H,21,23). The van der Waals surface area contributed by atoms with Crippen molar-refractivity contribution in [2.24, 2.45) is 0 Å². The third kappa shape index (κ3) is 5.47. The fourth-order valence-corrected chi connectivity index (χ4v) is 3.87. The molecule has 1 N–H and O–H groups in total. The third-order valence-corrected chi connectivity index (χ3v) is 5.52. The Bertz CT molecular complexity index is 897. The SMILES string of the molecule is Cc1ccccc1CNC(=O)CCN(c1ccc(Cl)cc1C)S(C)(=O)=O.